The Kier molecular flexibility index (Phi) is 4.15. The van der Waals surface area contributed by atoms with Crippen molar-refractivity contribution in [3.05, 3.63) is 36.2 Å². The maximum atomic E-state index is 12.6. The zero-order chi connectivity index (χ0) is 17.4. The summed E-state index contributed by atoms with van der Waals surface area (Å²) in [6, 6.07) is 0.402. The summed E-state index contributed by atoms with van der Waals surface area (Å²) in [4.78, 5) is 27.9. The zero-order valence-corrected chi connectivity index (χ0v) is 14.7. The topological polar surface area (TPSA) is 75.9 Å². The third-order valence-electron chi connectivity index (χ3n) is 5.13. The summed E-state index contributed by atoms with van der Waals surface area (Å²) in [6.07, 6.45) is 11.1. The maximum Gasteiger partial charge on any atom is 0.223 e. The number of carbonyl (C=O) groups is 1. The molecule has 2 aromatic rings. The molecule has 1 aliphatic heterocycles. The Balaban J connectivity index is 1.57. The molecule has 132 valence electrons. The van der Waals surface area contributed by atoms with Crippen LogP contribution in [-0.4, -0.2) is 42.9 Å². The van der Waals surface area contributed by atoms with Crippen molar-refractivity contribution in [2.45, 2.75) is 44.7 Å². The van der Waals surface area contributed by atoms with Gasteiger partial charge in [-0.15, -0.1) is 0 Å². The van der Waals surface area contributed by atoms with Crippen LogP contribution in [0, 0.1) is 12.8 Å². The molecule has 1 N–H and O–H groups in total. The summed E-state index contributed by atoms with van der Waals surface area (Å²) in [5.41, 5.74) is 1.04. The number of carbonyl (C=O) groups excluding carboxylic acids is 1. The molecular weight excluding hydrogens is 316 g/mol. The first-order valence-electron chi connectivity index (χ1n) is 8.94. The fourth-order valence-corrected chi connectivity index (χ4v) is 3.68. The molecule has 1 aliphatic carbocycles. The third-order valence-corrected chi connectivity index (χ3v) is 5.13. The summed E-state index contributed by atoms with van der Waals surface area (Å²) in [5, 5.41) is 3.35. The molecule has 1 amide bonds. The minimum atomic E-state index is 0.0201. The van der Waals surface area contributed by atoms with Gasteiger partial charge in [-0.2, -0.15) is 0 Å². The monoisotopic (exact) mass is 340 g/mol. The predicted octanol–water partition coefficient (Wildman–Crippen LogP) is 2.07. The van der Waals surface area contributed by atoms with E-state index in [4.69, 9.17) is 0 Å². The summed E-state index contributed by atoms with van der Waals surface area (Å²) < 4.78 is 2.04. The number of aryl methyl sites for hydroxylation is 2. The van der Waals surface area contributed by atoms with Crippen LogP contribution in [0.1, 0.15) is 43.1 Å². The van der Waals surface area contributed by atoms with Crippen LogP contribution in [-0.2, 0) is 11.8 Å². The lowest BCUT2D eigenvalue weighted by atomic mass is 9.87. The largest absolute Gasteiger partial charge is 0.354 e. The maximum absolute atomic E-state index is 12.6. The van der Waals surface area contributed by atoms with E-state index in [9.17, 15) is 4.79 Å². The van der Waals surface area contributed by atoms with Gasteiger partial charge in [0.1, 0.15) is 5.82 Å². The second kappa shape index (κ2) is 6.46. The molecule has 0 aromatic carbocycles. The summed E-state index contributed by atoms with van der Waals surface area (Å²) in [5.74, 6) is 2.17. The molecule has 0 unspecified atom stereocenters. The Morgan fingerprint density at radius 1 is 1.20 bits per heavy atom. The van der Waals surface area contributed by atoms with Crippen LogP contribution in [0.25, 0.3) is 0 Å². The highest BCUT2D eigenvalue weighted by Gasteiger charge is 2.45. The molecule has 1 saturated heterocycles. The molecule has 2 fully saturated rings. The summed E-state index contributed by atoms with van der Waals surface area (Å²) in [6.45, 7) is 2.71. The Hall–Kier alpha value is -2.44. The van der Waals surface area contributed by atoms with E-state index in [0.717, 1.165) is 37.2 Å². The van der Waals surface area contributed by atoms with E-state index in [1.54, 1.807) is 0 Å². The van der Waals surface area contributed by atoms with Gasteiger partial charge in [0.05, 0.1) is 6.04 Å². The predicted molar refractivity (Wildman–Crippen MR) is 93.8 cm³/mol. The lowest BCUT2D eigenvalue weighted by Gasteiger charge is -2.41. The first kappa shape index (κ1) is 16.1. The molecule has 25 heavy (non-hydrogen) atoms. The van der Waals surface area contributed by atoms with Crippen LogP contribution in [0.4, 0.5) is 5.95 Å². The molecular formula is C18H24N6O. The normalized spacial score (nSPS) is 23.8. The molecule has 2 aliphatic rings. The van der Waals surface area contributed by atoms with Gasteiger partial charge in [0, 0.05) is 56.8 Å². The first-order valence-corrected chi connectivity index (χ1v) is 8.94. The molecule has 7 nitrogen and oxygen atoms in total. The number of nitrogens with one attached hydrogen (secondary N) is 1. The number of likely N-dealkylation sites (tertiary alicyclic amines) is 1. The van der Waals surface area contributed by atoms with E-state index in [2.05, 4.69) is 25.2 Å². The quantitative estimate of drug-likeness (QED) is 0.902. The molecule has 3 heterocycles. The molecule has 0 spiro atoms. The molecule has 2 aromatic heterocycles. The second-order valence-corrected chi connectivity index (χ2v) is 7.14. The third kappa shape index (κ3) is 3.23. The number of aromatic nitrogens is 4. The average Bonchev–Trinajstić information content (AvgIpc) is 3.36. The minimum Gasteiger partial charge on any atom is -0.354 e. The van der Waals surface area contributed by atoms with Crippen LogP contribution in [0.5, 0.6) is 0 Å². The lowest BCUT2D eigenvalue weighted by Crippen LogP contribution is -2.47. The van der Waals surface area contributed by atoms with E-state index in [0.29, 0.717) is 24.3 Å². The fourth-order valence-electron chi connectivity index (χ4n) is 3.68. The fraction of sp³-hybridized carbons (Fsp3) is 0.556. The number of hydrogen-bond donors (Lipinski definition) is 1. The van der Waals surface area contributed by atoms with Crippen molar-refractivity contribution in [1.29, 1.82) is 0 Å². The van der Waals surface area contributed by atoms with Crippen molar-refractivity contribution in [2.24, 2.45) is 13.0 Å². The highest BCUT2D eigenvalue weighted by Crippen LogP contribution is 2.42. The van der Waals surface area contributed by atoms with Gasteiger partial charge in [0.25, 0.3) is 0 Å². The number of nitrogens with zero attached hydrogens (tertiary/aromatic N) is 5. The molecule has 4 rings (SSSR count). The average molecular weight is 340 g/mol. The number of hydrogen-bond acceptors (Lipinski definition) is 5. The molecule has 7 heteroatoms. The van der Waals surface area contributed by atoms with Gasteiger partial charge >= 0.3 is 0 Å². The minimum absolute atomic E-state index is 0.0201. The Labute approximate surface area is 147 Å². The van der Waals surface area contributed by atoms with E-state index >= 15 is 0 Å². The van der Waals surface area contributed by atoms with Crippen molar-refractivity contribution >= 4 is 11.9 Å². The number of rotatable bonds is 5. The zero-order valence-electron chi connectivity index (χ0n) is 14.7. The number of anilines is 1. The van der Waals surface area contributed by atoms with Crippen LogP contribution >= 0.6 is 0 Å². The number of imidazole rings is 1. The van der Waals surface area contributed by atoms with Crippen molar-refractivity contribution in [3.8, 4) is 0 Å². The smallest absolute Gasteiger partial charge is 0.223 e. The molecule has 2 atom stereocenters. The molecule has 0 bridgehead atoms. The van der Waals surface area contributed by atoms with Gasteiger partial charge in [-0.25, -0.2) is 15.0 Å². The van der Waals surface area contributed by atoms with Gasteiger partial charge in [-0.3, -0.25) is 4.79 Å². The van der Waals surface area contributed by atoms with Crippen molar-refractivity contribution in [2.75, 3.05) is 11.9 Å². The van der Waals surface area contributed by atoms with Gasteiger partial charge in [-0.1, -0.05) is 0 Å². The van der Waals surface area contributed by atoms with Crippen LogP contribution in [0.3, 0.4) is 0 Å². The Bertz CT molecular complexity index is 751. The van der Waals surface area contributed by atoms with E-state index in [1.165, 1.54) is 0 Å². The van der Waals surface area contributed by atoms with Crippen LogP contribution in [0.2, 0.25) is 0 Å². The van der Waals surface area contributed by atoms with E-state index in [1.807, 2.05) is 43.3 Å². The van der Waals surface area contributed by atoms with Crippen LogP contribution < -0.4 is 5.32 Å². The Morgan fingerprint density at radius 3 is 2.60 bits per heavy atom. The first-order chi connectivity index (χ1) is 12.1. The van der Waals surface area contributed by atoms with E-state index < -0.39 is 0 Å². The standard InChI is InChI=1S/C18H24N6O/c1-12-9-20-18(21-10-12)22-11-13-3-6-15(25)24(14-4-5-14)16(13)17-19-7-8-23(17)2/h7-10,13-14,16H,3-6,11H2,1-2H3,(H,20,21,22)/t13-,16+/m1/s1. The van der Waals surface area contributed by atoms with Gasteiger partial charge in [0.15, 0.2) is 0 Å². The van der Waals surface area contributed by atoms with Gasteiger partial charge in [-0.05, 0) is 31.7 Å². The number of amides is 1. The molecule has 1 saturated carbocycles. The van der Waals surface area contributed by atoms with Crippen LogP contribution in [0.15, 0.2) is 24.8 Å². The van der Waals surface area contributed by atoms with Crippen molar-refractivity contribution in [1.82, 2.24) is 24.4 Å². The summed E-state index contributed by atoms with van der Waals surface area (Å²) >= 11 is 0. The highest BCUT2D eigenvalue weighted by atomic mass is 16.2. The van der Waals surface area contributed by atoms with Gasteiger partial charge < -0.3 is 14.8 Å². The van der Waals surface area contributed by atoms with Crippen molar-refractivity contribution < 1.29 is 4.79 Å². The molecule has 0 radical (unpaired) electrons. The van der Waals surface area contributed by atoms with Gasteiger partial charge in [0.2, 0.25) is 11.9 Å². The van der Waals surface area contributed by atoms with Crippen molar-refractivity contribution in [3.63, 3.8) is 0 Å². The lowest BCUT2D eigenvalue weighted by molar-refractivity contribution is -0.140. The second-order valence-electron chi connectivity index (χ2n) is 7.14. The Morgan fingerprint density at radius 2 is 1.96 bits per heavy atom. The SMILES string of the molecule is Cc1cnc(NC[C@H]2CCC(=O)N(C3CC3)[C@@H]2c2nccn2C)nc1. The number of piperidine rings is 1. The summed E-state index contributed by atoms with van der Waals surface area (Å²) in [7, 11) is 2.00. The van der Waals surface area contributed by atoms with E-state index in [-0.39, 0.29) is 11.9 Å². The highest BCUT2D eigenvalue weighted by molar-refractivity contribution is 5.78.